The first-order chi connectivity index (χ1) is 19.5. The predicted octanol–water partition coefficient (Wildman–Crippen LogP) is 5.39. The van der Waals surface area contributed by atoms with Crippen LogP contribution in [0.15, 0.2) is 77.3 Å². The largest absolute Gasteiger partial charge is 0.494 e. The summed E-state index contributed by atoms with van der Waals surface area (Å²) in [7, 11) is 0. The molecule has 0 radical (unpaired) electrons. The molecule has 1 atom stereocenters. The first-order valence-electron chi connectivity index (χ1n) is 13.7. The standard InChI is InChI=1S/C32H31N3O5/c1-21-18-29(34-40-21)32(37)35-16-14-23-19-27-11-12-28(23)31(35)24-4-2-5-26(20-24)38-17-3-15-33-30(36)13-8-22-6-9-25(39-27)10-7-22/h2,4-7,9-12,18-20,31H,3,8,13-17H2,1H3,(H,33,36). The fourth-order valence-corrected chi connectivity index (χ4v) is 5.33. The van der Waals surface area contributed by atoms with E-state index in [1.807, 2.05) is 65.6 Å². The van der Waals surface area contributed by atoms with Crippen LogP contribution in [0.2, 0.25) is 0 Å². The fraction of sp³-hybridized carbons (Fsp3) is 0.281. The van der Waals surface area contributed by atoms with Gasteiger partial charge < -0.3 is 24.2 Å². The monoisotopic (exact) mass is 537 g/mol. The number of nitrogens with one attached hydrogen (secondary N) is 1. The molecule has 8 heteroatoms. The molecule has 0 saturated heterocycles. The summed E-state index contributed by atoms with van der Waals surface area (Å²) >= 11 is 0. The molecule has 3 aromatic carbocycles. The maximum Gasteiger partial charge on any atom is 0.276 e. The first kappa shape index (κ1) is 25.7. The molecule has 5 aliphatic rings. The van der Waals surface area contributed by atoms with E-state index in [-0.39, 0.29) is 17.9 Å². The number of nitrogens with zero attached hydrogens (tertiary/aromatic N) is 2. The van der Waals surface area contributed by atoms with E-state index in [0.29, 0.717) is 62.6 Å². The van der Waals surface area contributed by atoms with Crippen molar-refractivity contribution < 1.29 is 23.6 Å². The second-order valence-electron chi connectivity index (χ2n) is 10.2. The summed E-state index contributed by atoms with van der Waals surface area (Å²) in [5, 5.41) is 6.97. The molecule has 5 aliphatic heterocycles. The number of aromatic nitrogens is 1. The van der Waals surface area contributed by atoms with Crippen molar-refractivity contribution in [3.8, 4) is 17.2 Å². The van der Waals surface area contributed by atoms with E-state index in [9.17, 15) is 9.59 Å². The van der Waals surface area contributed by atoms with Crippen LogP contribution in [0.3, 0.4) is 0 Å². The SMILES string of the molecule is Cc1cc(C(=O)N2CCc3cc4ccc3C2c2cccc(c2)OCCCNC(=O)CCc2ccc(cc2)O4)no1. The second-order valence-corrected chi connectivity index (χ2v) is 10.2. The van der Waals surface area contributed by atoms with Crippen molar-refractivity contribution in [2.24, 2.45) is 0 Å². The van der Waals surface area contributed by atoms with Gasteiger partial charge >= 0.3 is 0 Å². The van der Waals surface area contributed by atoms with E-state index < -0.39 is 0 Å². The van der Waals surface area contributed by atoms with Crippen molar-refractivity contribution in [2.75, 3.05) is 19.7 Å². The smallest absolute Gasteiger partial charge is 0.276 e. The fourth-order valence-electron chi connectivity index (χ4n) is 5.33. The van der Waals surface area contributed by atoms with E-state index >= 15 is 0 Å². The van der Waals surface area contributed by atoms with Crippen LogP contribution >= 0.6 is 0 Å². The van der Waals surface area contributed by atoms with Crippen LogP contribution in [0.1, 0.15) is 57.4 Å². The molecule has 1 unspecified atom stereocenters. The Labute approximate surface area is 232 Å². The Balaban J connectivity index is 1.37. The molecule has 0 saturated carbocycles. The maximum absolute atomic E-state index is 13.6. The summed E-state index contributed by atoms with van der Waals surface area (Å²) in [5.74, 6) is 2.62. The number of aryl methyl sites for hydroxylation is 2. The summed E-state index contributed by atoms with van der Waals surface area (Å²) in [6, 6.07) is 23.1. The van der Waals surface area contributed by atoms with Gasteiger partial charge in [-0.1, -0.05) is 35.5 Å². The van der Waals surface area contributed by atoms with E-state index in [1.54, 1.807) is 13.0 Å². The van der Waals surface area contributed by atoms with Gasteiger partial charge in [-0.25, -0.2) is 0 Å². The number of hydrogen-bond donors (Lipinski definition) is 1. The third kappa shape index (κ3) is 5.57. The molecular formula is C32H31N3O5. The maximum atomic E-state index is 13.6. The normalized spacial score (nSPS) is 17.4. The number of benzene rings is 3. The van der Waals surface area contributed by atoms with Crippen molar-refractivity contribution in [1.29, 1.82) is 0 Å². The Morgan fingerprint density at radius 3 is 2.62 bits per heavy atom. The van der Waals surface area contributed by atoms with E-state index in [4.69, 9.17) is 14.0 Å². The Kier molecular flexibility index (Phi) is 7.23. The van der Waals surface area contributed by atoms with Crippen molar-refractivity contribution in [3.05, 3.63) is 107 Å². The van der Waals surface area contributed by atoms with Crippen molar-refractivity contribution in [3.63, 3.8) is 0 Å². The van der Waals surface area contributed by atoms with Crippen LogP contribution in [-0.4, -0.2) is 41.6 Å². The lowest BCUT2D eigenvalue weighted by atomic mass is 9.87. The predicted molar refractivity (Wildman–Crippen MR) is 149 cm³/mol. The molecule has 4 aromatic rings. The molecule has 0 spiro atoms. The molecule has 40 heavy (non-hydrogen) atoms. The molecular weight excluding hydrogens is 506 g/mol. The molecule has 6 heterocycles. The number of carbonyl (C=O) groups excluding carboxylic acids is 2. The highest BCUT2D eigenvalue weighted by atomic mass is 16.5. The molecule has 9 rings (SSSR count). The molecule has 0 fully saturated rings. The number of carbonyl (C=O) groups is 2. The molecule has 0 aliphatic carbocycles. The van der Waals surface area contributed by atoms with E-state index in [1.165, 1.54) is 0 Å². The highest BCUT2D eigenvalue weighted by molar-refractivity contribution is 5.93. The Morgan fingerprint density at radius 1 is 0.950 bits per heavy atom. The minimum Gasteiger partial charge on any atom is -0.494 e. The van der Waals surface area contributed by atoms with Crippen LogP contribution in [0.5, 0.6) is 17.2 Å². The summed E-state index contributed by atoms with van der Waals surface area (Å²) in [6.45, 7) is 3.31. The van der Waals surface area contributed by atoms with E-state index in [2.05, 4.69) is 16.5 Å². The zero-order valence-corrected chi connectivity index (χ0v) is 22.4. The summed E-state index contributed by atoms with van der Waals surface area (Å²) in [4.78, 5) is 27.8. The van der Waals surface area contributed by atoms with Crippen molar-refractivity contribution in [1.82, 2.24) is 15.4 Å². The molecule has 8 bridgehead atoms. The van der Waals surface area contributed by atoms with Crippen molar-refractivity contribution >= 4 is 11.8 Å². The lowest BCUT2D eigenvalue weighted by Crippen LogP contribution is -2.40. The Bertz CT molecular complexity index is 1530. The van der Waals surface area contributed by atoms with Crippen LogP contribution in [0.4, 0.5) is 0 Å². The number of hydrogen-bond acceptors (Lipinski definition) is 6. The highest BCUT2D eigenvalue weighted by Crippen LogP contribution is 2.39. The summed E-state index contributed by atoms with van der Waals surface area (Å²) in [5.41, 5.74) is 4.47. The van der Waals surface area contributed by atoms with Gasteiger partial charge in [0.05, 0.1) is 12.6 Å². The average molecular weight is 538 g/mol. The molecule has 8 nitrogen and oxygen atoms in total. The average Bonchev–Trinajstić information content (AvgIpc) is 3.41. The lowest BCUT2D eigenvalue weighted by molar-refractivity contribution is -0.121. The quantitative estimate of drug-likeness (QED) is 0.350. The second kappa shape index (κ2) is 11.3. The van der Waals surface area contributed by atoms with Gasteiger partial charge in [-0.3, -0.25) is 9.59 Å². The third-order valence-corrected chi connectivity index (χ3v) is 7.34. The van der Waals surface area contributed by atoms with Crippen LogP contribution in [0.25, 0.3) is 0 Å². The van der Waals surface area contributed by atoms with Crippen molar-refractivity contribution in [2.45, 2.75) is 38.6 Å². The highest BCUT2D eigenvalue weighted by Gasteiger charge is 2.34. The van der Waals surface area contributed by atoms with E-state index in [0.717, 1.165) is 33.8 Å². The number of rotatable bonds is 1. The van der Waals surface area contributed by atoms with Gasteiger partial charge in [0, 0.05) is 25.6 Å². The van der Waals surface area contributed by atoms with Crippen LogP contribution in [-0.2, 0) is 17.6 Å². The van der Waals surface area contributed by atoms with Crippen LogP contribution in [0, 0.1) is 6.92 Å². The van der Waals surface area contributed by atoms with Gasteiger partial charge in [0.25, 0.3) is 5.91 Å². The van der Waals surface area contributed by atoms with Gasteiger partial charge in [-0.2, -0.15) is 0 Å². The van der Waals surface area contributed by atoms with Gasteiger partial charge in [-0.15, -0.1) is 0 Å². The van der Waals surface area contributed by atoms with Gasteiger partial charge in [0.15, 0.2) is 5.69 Å². The molecule has 204 valence electrons. The summed E-state index contributed by atoms with van der Waals surface area (Å²) in [6.07, 6.45) is 2.46. The summed E-state index contributed by atoms with van der Waals surface area (Å²) < 4.78 is 17.4. The molecule has 1 N–H and O–H groups in total. The zero-order chi connectivity index (χ0) is 27.5. The topological polar surface area (TPSA) is 93.9 Å². The third-order valence-electron chi connectivity index (χ3n) is 7.34. The van der Waals surface area contributed by atoms with Gasteiger partial charge in [-0.05, 0) is 84.8 Å². The first-order valence-corrected chi connectivity index (χ1v) is 13.7. The van der Waals surface area contributed by atoms with Gasteiger partial charge in [0.1, 0.15) is 23.0 Å². The number of ether oxygens (including phenoxy) is 2. The molecule has 1 aromatic heterocycles. The minimum atomic E-state index is -0.335. The lowest BCUT2D eigenvalue weighted by Gasteiger charge is -2.37. The van der Waals surface area contributed by atoms with Crippen LogP contribution < -0.4 is 14.8 Å². The Hall–Kier alpha value is -4.59. The molecule has 2 amide bonds. The number of amides is 2. The van der Waals surface area contributed by atoms with Gasteiger partial charge in [0.2, 0.25) is 5.91 Å². The Morgan fingerprint density at radius 2 is 1.80 bits per heavy atom. The zero-order valence-electron chi connectivity index (χ0n) is 22.4. The minimum absolute atomic E-state index is 0.0221.